The predicted octanol–water partition coefficient (Wildman–Crippen LogP) is 5.75. The SMILES string of the molecule is ClC1(c2ccccc2)OC[C@@H]2OC(Cl)(c3ccccc3)O[C@@H]2[C@H]([C@H]2COC(Cl)(c3ccccc3)O2)O1. The fraction of sp³-hybridized carbons (Fsp3) is 0.333. The third-order valence-electron chi connectivity index (χ3n) is 6.46. The van der Waals surface area contributed by atoms with E-state index in [9.17, 15) is 0 Å². The molecule has 6 nitrogen and oxygen atoms in total. The van der Waals surface area contributed by atoms with Gasteiger partial charge in [-0.25, -0.2) is 0 Å². The maximum atomic E-state index is 6.95. The van der Waals surface area contributed by atoms with Gasteiger partial charge in [-0.15, -0.1) is 0 Å². The number of hydrogen-bond donors (Lipinski definition) is 0. The lowest BCUT2D eigenvalue weighted by Gasteiger charge is -2.34. The number of ether oxygens (including phenoxy) is 6. The van der Waals surface area contributed by atoms with Crippen LogP contribution in [-0.2, 0) is 44.2 Å². The standard InChI is InChI=1S/C27H23Cl3O6/c28-25(18-10-4-1-5-11-18)31-16-21(33-25)23-24-22(34-27(30,36-24)20-14-8-3-9-15-20)17-32-26(29,35-23)19-12-6-2-7-13-19/h1-15,21-24H,16-17H2/t21-,22+,23+,24+,25?,26?,27?/m1/s1. The van der Waals surface area contributed by atoms with Crippen molar-refractivity contribution >= 4 is 34.8 Å². The summed E-state index contributed by atoms with van der Waals surface area (Å²) in [6.07, 6.45) is -2.78. The fourth-order valence-electron chi connectivity index (χ4n) is 4.67. The largest absolute Gasteiger partial charge is 0.331 e. The number of fused-ring (bicyclic) bond motifs is 1. The normalized spacial score (nSPS) is 38.4. The zero-order chi connectivity index (χ0) is 24.8. The molecule has 3 aromatic carbocycles. The molecular weight excluding hydrogens is 527 g/mol. The van der Waals surface area contributed by atoms with Gasteiger partial charge in [0.05, 0.1) is 13.2 Å². The molecule has 0 spiro atoms. The summed E-state index contributed by atoms with van der Waals surface area (Å²) < 4.78 is 37.3. The first-order valence-corrected chi connectivity index (χ1v) is 12.7. The highest BCUT2D eigenvalue weighted by Crippen LogP contribution is 2.49. The summed E-state index contributed by atoms with van der Waals surface area (Å²) in [4.78, 5) is 0. The maximum Gasteiger partial charge on any atom is 0.277 e. The lowest BCUT2D eigenvalue weighted by molar-refractivity contribution is -0.250. The topological polar surface area (TPSA) is 55.4 Å². The van der Waals surface area contributed by atoms with Crippen molar-refractivity contribution in [2.24, 2.45) is 0 Å². The molecule has 3 saturated heterocycles. The number of hydrogen-bond acceptors (Lipinski definition) is 6. The van der Waals surface area contributed by atoms with Crippen molar-refractivity contribution in [1.29, 1.82) is 0 Å². The second-order valence-corrected chi connectivity index (χ2v) is 10.3. The van der Waals surface area contributed by atoms with Gasteiger partial charge >= 0.3 is 0 Å². The van der Waals surface area contributed by atoms with Crippen molar-refractivity contribution in [2.45, 2.75) is 40.2 Å². The van der Waals surface area contributed by atoms with Gasteiger partial charge in [0.15, 0.2) is 0 Å². The highest BCUT2D eigenvalue weighted by atomic mass is 35.5. The van der Waals surface area contributed by atoms with Crippen LogP contribution in [0, 0.1) is 0 Å². The summed E-state index contributed by atoms with van der Waals surface area (Å²) in [5.74, 6) is 0. The van der Waals surface area contributed by atoms with Crippen LogP contribution in [0.1, 0.15) is 16.7 Å². The van der Waals surface area contributed by atoms with Gasteiger partial charge in [0.1, 0.15) is 24.4 Å². The average molecular weight is 550 g/mol. The molecule has 0 aliphatic carbocycles. The highest BCUT2D eigenvalue weighted by molar-refractivity contribution is 6.22. The van der Waals surface area contributed by atoms with Gasteiger partial charge in [0.2, 0.25) is 0 Å². The van der Waals surface area contributed by atoms with Crippen molar-refractivity contribution in [3.8, 4) is 0 Å². The molecule has 3 aliphatic heterocycles. The van der Waals surface area contributed by atoms with E-state index in [1.807, 2.05) is 91.0 Å². The second kappa shape index (κ2) is 9.55. The van der Waals surface area contributed by atoms with Crippen LogP contribution in [0.25, 0.3) is 0 Å². The predicted molar refractivity (Wildman–Crippen MR) is 133 cm³/mol. The lowest BCUT2D eigenvalue weighted by Crippen LogP contribution is -2.47. The van der Waals surface area contributed by atoms with E-state index in [1.165, 1.54) is 0 Å². The van der Waals surface area contributed by atoms with E-state index in [-0.39, 0.29) is 13.2 Å². The minimum Gasteiger partial charge on any atom is -0.331 e. The van der Waals surface area contributed by atoms with Gasteiger partial charge in [0, 0.05) is 16.7 Å². The van der Waals surface area contributed by atoms with Gasteiger partial charge in [-0.1, -0.05) is 126 Å². The Balaban J connectivity index is 1.34. The van der Waals surface area contributed by atoms with Crippen LogP contribution in [0.2, 0.25) is 0 Å². The first-order chi connectivity index (χ1) is 17.4. The molecular formula is C27H23Cl3O6. The summed E-state index contributed by atoms with van der Waals surface area (Å²) in [7, 11) is 0. The summed E-state index contributed by atoms with van der Waals surface area (Å²) >= 11 is 20.6. The Morgan fingerprint density at radius 3 is 1.25 bits per heavy atom. The molecule has 3 aliphatic rings. The van der Waals surface area contributed by atoms with Crippen molar-refractivity contribution in [2.75, 3.05) is 13.2 Å². The van der Waals surface area contributed by atoms with Crippen molar-refractivity contribution in [3.05, 3.63) is 108 Å². The average Bonchev–Trinajstić information content (AvgIpc) is 3.45. The second-order valence-electron chi connectivity index (χ2n) is 8.81. The van der Waals surface area contributed by atoms with Crippen LogP contribution in [0.5, 0.6) is 0 Å². The molecule has 7 atom stereocenters. The third-order valence-corrected chi connectivity index (χ3v) is 7.69. The van der Waals surface area contributed by atoms with Crippen molar-refractivity contribution in [1.82, 2.24) is 0 Å². The molecule has 0 aromatic heterocycles. The fourth-order valence-corrected chi connectivity index (χ4v) is 5.60. The van der Waals surface area contributed by atoms with E-state index in [0.717, 1.165) is 0 Å². The monoisotopic (exact) mass is 548 g/mol. The Morgan fingerprint density at radius 1 is 0.472 bits per heavy atom. The molecule has 0 N–H and O–H groups in total. The van der Waals surface area contributed by atoms with E-state index in [0.29, 0.717) is 16.7 Å². The zero-order valence-electron chi connectivity index (χ0n) is 19.0. The molecule has 0 saturated carbocycles. The molecule has 3 unspecified atom stereocenters. The summed E-state index contributed by atoms with van der Waals surface area (Å²) in [5, 5.41) is -4.63. The van der Waals surface area contributed by atoms with Crippen molar-refractivity contribution < 1.29 is 28.4 Å². The van der Waals surface area contributed by atoms with E-state index >= 15 is 0 Å². The maximum absolute atomic E-state index is 6.95. The van der Waals surface area contributed by atoms with Crippen molar-refractivity contribution in [3.63, 3.8) is 0 Å². The number of benzene rings is 3. The molecule has 36 heavy (non-hydrogen) atoms. The summed E-state index contributed by atoms with van der Waals surface area (Å²) in [5.41, 5.74) is 1.93. The molecule has 3 aromatic rings. The van der Waals surface area contributed by atoms with Gasteiger partial charge in [-0.05, 0) is 0 Å². The van der Waals surface area contributed by atoms with Crippen LogP contribution in [0.15, 0.2) is 91.0 Å². The quantitative estimate of drug-likeness (QED) is 0.387. The molecule has 3 heterocycles. The van der Waals surface area contributed by atoms with Gasteiger partial charge in [-0.2, -0.15) is 0 Å². The third kappa shape index (κ3) is 4.45. The van der Waals surface area contributed by atoms with E-state index in [2.05, 4.69) is 0 Å². The Kier molecular flexibility index (Phi) is 6.53. The van der Waals surface area contributed by atoms with Crippen LogP contribution < -0.4 is 0 Å². The van der Waals surface area contributed by atoms with Crippen LogP contribution in [0.4, 0.5) is 0 Å². The Morgan fingerprint density at radius 2 is 0.806 bits per heavy atom. The van der Waals surface area contributed by atoms with E-state index < -0.39 is 40.2 Å². The van der Waals surface area contributed by atoms with Crippen LogP contribution >= 0.6 is 34.8 Å². The molecule has 0 amide bonds. The van der Waals surface area contributed by atoms with Crippen LogP contribution in [0.3, 0.4) is 0 Å². The highest BCUT2D eigenvalue weighted by Gasteiger charge is 2.59. The molecule has 9 heteroatoms. The number of halogens is 3. The molecule has 6 rings (SSSR count). The van der Waals surface area contributed by atoms with Gasteiger partial charge < -0.3 is 28.4 Å². The molecule has 3 fully saturated rings. The first-order valence-electron chi connectivity index (χ1n) is 11.6. The summed E-state index contributed by atoms with van der Waals surface area (Å²) in [6.45, 7) is 0.192. The molecule has 0 bridgehead atoms. The lowest BCUT2D eigenvalue weighted by atomic mass is 10.0. The Labute approximate surface area is 223 Å². The number of alkyl halides is 3. The van der Waals surface area contributed by atoms with E-state index in [4.69, 9.17) is 63.2 Å². The Hall–Kier alpha value is -1.71. The zero-order valence-corrected chi connectivity index (χ0v) is 21.2. The molecule has 188 valence electrons. The first kappa shape index (κ1) is 24.6. The minimum absolute atomic E-state index is 0.0686. The Bertz CT molecular complexity index is 1190. The summed E-state index contributed by atoms with van der Waals surface area (Å²) in [6, 6.07) is 27.8. The number of rotatable bonds is 4. The smallest absolute Gasteiger partial charge is 0.277 e. The van der Waals surface area contributed by atoms with Gasteiger partial charge in [0.25, 0.3) is 15.7 Å². The minimum atomic E-state index is -1.61. The van der Waals surface area contributed by atoms with Crippen LogP contribution in [-0.4, -0.2) is 37.6 Å². The van der Waals surface area contributed by atoms with Gasteiger partial charge in [-0.3, -0.25) is 0 Å². The van der Waals surface area contributed by atoms with E-state index in [1.54, 1.807) is 0 Å². The molecule has 0 radical (unpaired) electrons.